The van der Waals surface area contributed by atoms with Crippen LogP contribution in [0.5, 0.6) is 0 Å². The van der Waals surface area contributed by atoms with Crippen LogP contribution in [0, 0.1) is 0 Å². The van der Waals surface area contributed by atoms with Gasteiger partial charge in [-0.25, -0.2) is 5.10 Å². The normalized spacial score (nSPS) is 10.9. The van der Waals surface area contributed by atoms with E-state index in [1.54, 1.807) is 18.0 Å². The van der Waals surface area contributed by atoms with Crippen LogP contribution in [0.1, 0.15) is 5.56 Å². The largest absolute Gasteiger partial charge is 0.368 e. The molecule has 2 aromatic heterocycles. The molecule has 0 aliphatic rings. The summed E-state index contributed by atoms with van der Waals surface area (Å²) < 4.78 is 0. The predicted octanol–water partition coefficient (Wildman–Crippen LogP) is 2.23. The summed E-state index contributed by atoms with van der Waals surface area (Å²) in [6, 6.07) is 10.2. The van der Waals surface area contributed by atoms with Crippen LogP contribution in [0.25, 0.3) is 10.9 Å². The van der Waals surface area contributed by atoms with Crippen molar-refractivity contribution in [3.05, 3.63) is 42.1 Å². The van der Waals surface area contributed by atoms with Gasteiger partial charge in [0.15, 0.2) is 0 Å². The Morgan fingerprint density at radius 2 is 2.22 bits per heavy atom. The van der Waals surface area contributed by atoms with Crippen LogP contribution in [0.3, 0.4) is 0 Å². The minimum absolute atomic E-state index is 0.347. The SMILES string of the molecule is Nc1nc(SCc2ccc3ncccc3c2)n[nH]1. The molecular formula is C12H11N5S. The Bertz CT molecular complexity index is 679. The number of aromatic amines is 1. The van der Waals surface area contributed by atoms with E-state index in [1.807, 2.05) is 12.1 Å². The van der Waals surface area contributed by atoms with Crippen LogP contribution >= 0.6 is 11.8 Å². The number of H-pyrrole nitrogens is 1. The monoisotopic (exact) mass is 257 g/mol. The number of nitrogens with two attached hydrogens (primary N) is 1. The highest BCUT2D eigenvalue weighted by Crippen LogP contribution is 2.21. The Balaban J connectivity index is 1.78. The Hall–Kier alpha value is -2.08. The van der Waals surface area contributed by atoms with Gasteiger partial charge in [0.05, 0.1) is 5.52 Å². The van der Waals surface area contributed by atoms with Crippen molar-refractivity contribution in [2.45, 2.75) is 10.9 Å². The Kier molecular flexibility index (Phi) is 2.85. The van der Waals surface area contributed by atoms with E-state index in [9.17, 15) is 0 Å². The molecular weight excluding hydrogens is 246 g/mol. The van der Waals surface area contributed by atoms with E-state index >= 15 is 0 Å². The lowest BCUT2D eigenvalue weighted by Crippen LogP contribution is -1.86. The molecule has 1 aromatic carbocycles. The molecule has 5 nitrogen and oxygen atoms in total. The fraction of sp³-hybridized carbons (Fsp3) is 0.0833. The van der Waals surface area contributed by atoms with Crippen LogP contribution in [0.15, 0.2) is 41.7 Å². The van der Waals surface area contributed by atoms with E-state index in [0.717, 1.165) is 16.7 Å². The lowest BCUT2D eigenvalue weighted by Gasteiger charge is -2.01. The molecule has 0 aliphatic heterocycles. The van der Waals surface area contributed by atoms with Crippen molar-refractivity contribution in [1.82, 2.24) is 20.2 Å². The summed E-state index contributed by atoms with van der Waals surface area (Å²) in [6.45, 7) is 0. The molecule has 18 heavy (non-hydrogen) atoms. The average Bonchev–Trinajstić information content (AvgIpc) is 2.82. The van der Waals surface area contributed by atoms with Gasteiger partial charge in [0.25, 0.3) is 0 Å². The summed E-state index contributed by atoms with van der Waals surface area (Å²) in [4.78, 5) is 8.34. The highest BCUT2D eigenvalue weighted by Gasteiger charge is 2.02. The van der Waals surface area contributed by atoms with Gasteiger partial charge in [0.2, 0.25) is 11.1 Å². The van der Waals surface area contributed by atoms with Gasteiger partial charge in [0.1, 0.15) is 0 Å². The van der Waals surface area contributed by atoms with E-state index in [-0.39, 0.29) is 0 Å². The third-order valence-corrected chi connectivity index (χ3v) is 3.44. The summed E-state index contributed by atoms with van der Waals surface area (Å²) in [5.74, 6) is 1.16. The minimum atomic E-state index is 0.347. The van der Waals surface area contributed by atoms with Crippen molar-refractivity contribution in [3.8, 4) is 0 Å². The molecule has 90 valence electrons. The third kappa shape index (κ3) is 2.28. The zero-order chi connectivity index (χ0) is 12.4. The van der Waals surface area contributed by atoms with E-state index in [2.05, 4.69) is 38.4 Å². The summed E-state index contributed by atoms with van der Waals surface area (Å²) in [5, 5.41) is 8.41. The molecule has 2 heterocycles. The smallest absolute Gasteiger partial charge is 0.216 e. The van der Waals surface area contributed by atoms with E-state index in [1.165, 1.54) is 5.56 Å². The second-order valence-corrected chi connectivity index (χ2v) is 4.76. The van der Waals surface area contributed by atoms with Crippen molar-refractivity contribution < 1.29 is 0 Å². The van der Waals surface area contributed by atoms with Crippen LogP contribution in [0.2, 0.25) is 0 Å². The number of aromatic nitrogens is 4. The van der Waals surface area contributed by atoms with Gasteiger partial charge in [-0.1, -0.05) is 23.9 Å². The fourth-order valence-corrected chi connectivity index (χ4v) is 2.43. The van der Waals surface area contributed by atoms with Crippen LogP contribution in [0.4, 0.5) is 5.95 Å². The van der Waals surface area contributed by atoms with Gasteiger partial charge in [-0.05, 0) is 23.8 Å². The van der Waals surface area contributed by atoms with Crippen molar-refractivity contribution in [3.63, 3.8) is 0 Å². The maximum atomic E-state index is 5.47. The highest BCUT2D eigenvalue weighted by atomic mass is 32.2. The van der Waals surface area contributed by atoms with Crippen LogP contribution in [-0.4, -0.2) is 20.2 Å². The number of fused-ring (bicyclic) bond motifs is 1. The topological polar surface area (TPSA) is 80.5 Å². The van der Waals surface area contributed by atoms with Crippen molar-refractivity contribution in [2.24, 2.45) is 0 Å². The maximum absolute atomic E-state index is 5.47. The lowest BCUT2D eigenvalue weighted by atomic mass is 10.1. The first kappa shape index (κ1) is 11.0. The standard InChI is InChI=1S/C12H11N5S/c13-11-15-12(17-16-11)18-7-8-3-4-10-9(6-8)2-1-5-14-10/h1-6H,7H2,(H3,13,15,16,17). The lowest BCUT2D eigenvalue weighted by molar-refractivity contribution is 0.973. The van der Waals surface area contributed by atoms with Crippen molar-refractivity contribution >= 4 is 28.6 Å². The molecule has 3 rings (SSSR count). The van der Waals surface area contributed by atoms with Crippen LogP contribution < -0.4 is 5.73 Å². The zero-order valence-electron chi connectivity index (χ0n) is 9.50. The highest BCUT2D eigenvalue weighted by molar-refractivity contribution is 7.98. The van der Waals surface area contributed by atoms with Gasteiger partial charge < -0.3 is 5.73 Å². The molecule has 0 bridgehead atoms. The molecule has 0 fully saturated rings. The van der Waals surface area contributed by atoms with Crippen LogP contribution in [-0.2, 0) is 5.75 Å². The molecule has 3 N–H and O–H groups in total. The first-order valence-corrected chi connectivity index (χ1v) is 6.44. The van der Waals surface area contributed by atoms with Gasteiger partial charge >= 0.3 is 0 Å². The number of nitrogens with zero attached hydrogens (tertiary/aromatic N) is 3. The third-order valence-electron chi connectivity index (χ3n) is 2.52. The number of hydrogen-bond acceptors (Lipinski definition) is 5. The van der Waals surface area contributed by atoms with Crippen molar-refractivity contribution in [1.29, 1.82) is 0 Å². The molecule has 0 aliphatic carbocycles. The van der Waals surface area contributed by atoms with Gasteiger partial charge in [0, 0.05) is 17.3 Å². The number of thioether (sulfide) groups is 1. The Labute approximate surface area is 108 Å². The molecule has 6 heteroatoms. The fourth-order valence-electron chi connectivity index (χ4n) is 1.69. The first-order valence-electron chi connectivity index (χ1n) is 5.45. The number of rotatable bonds is 3. The second-order valence-electron chi connectivity index (χ2n) is 3.82. The Morgan fingerprint density at radius 1 is 1.28 bits per heavy atom. The van der Waals surface area contributed by atoms with E-state index in [0.29, 0.717) is 11.1 Å². The molecule has 3 aromatic rings. The van der Waals surface area contributed by atoms with E-state index in [4.69, 9.17) is 5.73 Å². The number of hydrogen-bond donors (Lipinski definition) is 2. The first-order chi connectivity index (χ1) is 8.81. The second kappa shape index (κ2) is 4.66. The predicted molar refractivity (Wildman–Crippen MR) is 72.1 cm³/mol. The molecule has 0 unspecified atom stereocenters. The number of nitrogen functional groups attached to an aromatic ring is 1. The Morgan fingerprint density at radius 3 is 3.06 bits per heavy atom. The molecule has 0 saturated carbocycles. The summed E-state index contributed by atoms with van der Waals surface area (Å²) in [5.41, 5.74) is 7.69. The summed E-state index contributed by atoms with van der Waals surface area (Å²) in [7, 11) is 0. The summed E-state index contributed by atoms with van der Waals surface area (Å²) >= 11 is 1.55. The molecule has 0 atom stereocenters. The molecule has 0 radical (unpaired) electrons. The molecule has 0 amide bonds. The van der Waals surface area contributed by atoms with Crippen molar-refractivity contribution in [2.75, 3.05) is 5.73 Å². The number of benzene rings is 1. The van der Waals surface area contributed by atoms with Gasteiger partial charge in [-0.2, -0.15) is 4.98 Å². The van der Waals surface area contributed by atoms with Gasteiger partial charge in [-0.3, -0.25) is 4.98 Å². The van der Waals surface area contributed by atoms with Gasteiger partial charge in [-0.15, -0.1) is 5.10 Å². The minimum Gasteiger partial charge on any atom is -0.368 e. The number of anilines is 1. The number of nitrogens with one attached hydrogen (secondary N) is 1. The summed E-state index contributed by atoms with van der Waals surface area (Å²) in [6.07, 6.45) is 1.80. The number of pyridine rings is 1. The maximum Gasteiger partial charge on any atom is 0.216 e. The average molecular weight is 257 g/mol. The van der Waals surface area contributed by atoms with E-state index < -0.39 is 0 Å². The quantitative estimate of drug-likeness (QED) is 0.703. The zero-order valence-corrected chi connectivity index (χ0v) is 10.3. The molecule has 0 spiro atoms. The molecule has 0 saturated heterocycles.